The first-order valence-corrected chi connectivity index (χ1v) is 7.80. The number of nitrogens with one attached hydrogen (secondary N) is 1. The van der Waals surface area contributed by atoms with Gasteiger partial charge in [0.05, 0.1) is 0 Å². The van der Waals surface area contributed by atoms with Gasteiger partial charge in [-0.3, -0.25) is 0 Å². The number of aliphatic hydroxyl groups is 1. The lowest BCUT2D eigenvalue weighted by molar-refractivity contribution is 0.263. The normalized spacial score (nSPS) is 12.7. The van der Waals surface area contributed by atoms with E-state index in [-0.39, 0.29) is 6.04 Å². The van der Waals surface area contributed by atoms with Gasteiger partial charge in [-0.2, -0.15) is 0 Å². The molecule has 0 heterocycles. The summed E-state index contributed by atoms with van der Waals surface area (Å²) in [5.41, 5.74) is 1.21. The number of aliphatic hydroxyl groups excluding tert-OH is 1. The summed E-state index contributed by atoms with van der Waals surface area (Å²) in [5.74, 6) is 1.21. The van der Waals surface area contributed by atoms with E-state index in [0.29, 0.717) is 18.4 Å². The van der Waals surface area contributed by atoms with Gasteiger partial charge < -0.3 is 20.3 Å². The topological polar surface area (TPSA) is 61.7 Å². The van der Waals surface area contributed by atoms with E-state index in [0.717, 1.165) is 19.3 Å². The van der Waals surface area contributed by atoms with Gasteiger partial charge in [-0.1, -0.05) is 30.3 Å². The standard InChI is InChI=1S/C18H23NO2.CH4O/c1-14(12-16-8-10-17(20)11-9-16)19-15(2)13-21-18-6-4-3-5-7-18;1-2/h3-11,14-15,19-20H,12-13H2,1-2H3;2H,1H3/t14-,15-;/m0./s1. The Bertz CT molecular complexity index is 528. The molecule has 0 bridgehead atoms. The van der Waals surface area contributed by atoms with Crippen molar-refractivity contribution >= 4 is 0 Å². The summed E-state index contributed by atoms with van der Waals surface area (Å²) in [6, 6.07) is 17.8. The molecule has 0 unspecified atom stereocenters. The molecule has 2 atom stereocenters. The molecule has 0 aliphatic heterocycles. The van der Waals surface area contributed by atoms with Crippen LogP contribution in [0.2, 0.25) is 0 Å². The van der Waals surface area contributed by atoms with Crippen molar-refractivity contribution in [3.63, 3.8) is 0 Å². The van der Waals surface area contributed by atoms with Gasteiger partial charge in [-0.15, -0.1) is 0 Å². The Morgan fingerprint density at radius 2 is 1.52 bits per heavy atom. The van der Waals surface area contributed by atoms with Crippen LogP contribution in [0.3, 0.4) is 0 Å². The molecule has 126 valence electrons. The fourth-order valence-electron chi connectivity index (χ4n) is 2.32. The lowest BCUT2D eigenvalue weighted by Crippen LogP contribution is -2.39. The van der Waals surface area contributed by atoms with Crippen LogP contribution >= 0.6 is 0 Å². The van der Waals surface area contributed by atoms with E-state index in [2.05, 4.69) is 19.2 Å². The summed E-state index contributed by atoms with van der Waals surface area (Å²) in [4.78, 5) is 0. The maximum Gasteiger partial charge on any atom is 0.119 e. The predicted molar refractivity (Wildman–Crippen MR) is 94.0 cm³/mol. The molecule has 0 radical (unpaired) electrons. The molecule has 3 N–H and O–H groups in total. The minimum atomic E-state index is 0.275. The molecule has 0 fully saturated rings. The van der Waals surface area contributed by atoms with Gasteiger partial charge >= 0.3 is 0 Å². The van der Waals surface area contributed by atoms with Crippen LogP contribution in [0, 0.1) is 0 Å². The summed E-state index contributed by atoms with van der Waals surface area (Å²) >= 11 is 0. The van der Waals surface area contributed by atoms with Crippen molar-refractivity contribution in [2.24, 2.45) is 0 Å². The van der Waals surface area contributed by atoms with Gasteiger partial charge in [0.2, 0.25) is 0 Å². The molecular formula is C19H27NO3. The molecule has 2 aromatic rings. The number of rotatable bonds is 7. The van der Waals surface area contributed by atoms with Crippen LogP contribution in [0.15, 0.2) is 54.6 Å². The highest BCUT2D eigenvalue weighted by Gasteiger charge is 2.09. The monoisotopic (exact) mass is 317 g/mol. The molecule has 2 rings (SSSR count). The highest BCUT2D eigenvalue weighted by atomic mass is 16.5. The minimum absolute atomic E-state index is 0.275. The van der Waals surface area contributed by atoms with Crippen LogP contribution in [-0.2, 0) is 6.42 Å². The van der Waals surface area contributed by atoms with Crippen LogP contribution in [0.25, 0.3) is 0 Å². The first-order valence-electron chi connectivity index (χ1n) is 7.80. The SMILES string of the molecule is CO.C[C@@H](COc1ccccc1)N[C@@H](C)Cc1ccc(O)cc1. The van der Waals surface area contributed by atoms with Crippen molar-refractivity contribution in [1.29, 1.82) is 0 Å². The third kappa shape index (κ3) is 7.68. The Morgan fingerprint density at radius 1 is 0.913 bits per heavy atom. The Kier molecular flexibility index (Phi) is 8.80. The highest BCUT2D eigenvalue weighted by molar-refractivity contribution is 5.26. The second-order valence-electron chi connectivity index (χ2n) is 5.46. The number of ether oxygens (including phenoxy) is 1. The number of para-hydroxylation sites is 1. The smallest absolute Gasteiger partial charge is 0.119 e. The molecule has 23 heavy (non-hydrogen) atoms. The lowest BCUT2D eigenvalue weighted by Gasteiger charge is -2.20. The Hall–Kier alpha value is -2.04. The van der Waals surface area contributed by atoms with Crippen molar-refractivity contribution in [2.45, 2.75) is 32.4 Å². The zero-order valence-electron chi connectivity index (χ0n) is 14.1. The summed E-state index contributed by atoms with van der Waals surface area (Å²) in [6.07, 6.45) is 0.927. The first kappa shape index (κ1) is 19.0. The third-order valence-electron chi connectivity index (χ3n) is 3.29. The maximum atomic E-state index is 9.28. The second-order valence-corrected chi connectivity index (χ2v) is 5.46. The van der Waals surface area contributed by atoms with Gasteiger partial charge in [-0.25, -0.2) is 0 Å². The van der Waals surface area contributed by atoms with Crippen molar-refractivity contribution in [3.8, 4) is 11.5 Å². The molecular weight excluding hydrogens is 290 g/mol. The fourth-order valence-corrected chi connectivity index (χ4v) is 2.32. The maximum absolute atomic E-state index is 9.28. The molecule has 0 saturated heterocycles. The zero-order chi connectivity index (χ0) is 17.1. The average molecular weight is 317 g/mol. The van der Waals surface area contributed by atoms with Crippen LogP contribution in [0.4, 0.5) is 0 Å². The van der Waals surface area contributed by atoms with Crippen molar-refractivity contribution in [2.75, 3.05) is 13.7 Å². The summed E-state index contributed by atoms with van der Waals surface area (Å²) in [6.45, 7) is 4.92. The van der Waals surface area contributed by atoms with E-state index in [9.17, 15) is 5.11 Å². The average Bonchev–Trinajstić information content (AvgIpc) is 2.58. The van der Waals surface area contributed by atoms with Gasteiger partial charge in [0.25, 0.3) is 0 Å². The molecule has 2 aromatic carbocycles. The van der Waals surface area contributed by atoms with Crippen LogP contribution in [0.1, 0.15) is 19.4 Å². The first-order chi connectivity index (χ1) is 11.1. The number of benzene rings is 2. The van der Waals surface area contributed by atoms with Gasteiger partial charge in [0, 0.05) is 19.2 Å². The van der Waals surface area contributed by atoms with E-state index in [4.69, 9.17) is 9.84 Å². The van der Waals surface area contributed by atoms with E-state index in [1.54, 1.807) is 12.1 Å². The van der Waals surface area contributed by atoms with Crippen molar-refractivity contribution < 1.29 is 14.9 Å². The second kappa shape index (κ2) is 10.6. The molecule has 0 amide bonds. The van der Waals surface area contributed by atoms with E-state index >= 15 is 0 Å². The number of phenolic OH excluding ortho intramolecular Hbond substituents is 1. The Balaban J connectivity index is 0.00000127. The molecule has 0 aromatic heterocycles. The Labute approximate surface area is 138 Å². The van der Waals surface area contributed by atoms with Gasteiger partial charge in [0.15, 0.2) is 0 Å². The van der Waals surface area contributed by atoms with Crippen molar-refractivity contribution in [1.82, 2.24) is 5.32 Å². The largest absolute Gasteiger partial charge is 0.508 e. The van der Waals surface area contributed by atoms with E-state index < -0.39 is 0 Å². The number of hydrogen-bond donors (Lipinski definition) is 3. The number of phenols is 1. The lowest BCUT2D eigenvalue weighted by atomic mass is 10.1. The Morgan fingerprint density at radius 3 is 2.13 bits per heavy atom. The number of hydrogen-bond acceptors (Lipinski definition) is 4. The summed E-state index contributed by atoms with van der Waals surface area (Å²) in [5, 5.41) is 19.8. The molecule has 0 saturated carbocycles. The summed E-state index contributed by atoms with van der Waals surface area (Å²) < 4.78 is 5.74. The highest BCUT2D eigenvalue weighted by Crippen LogP contribution is 2.12. The molecule has 4 heteroatoms. The van der Waals surface area contributed by atoms with E-state index in [1.165, 1.54) is 5.56 Å². The summed E-state index contributed by atoms with van der Waals surface area (Å²) in [7, 11) is 1.00. The van der Waals surface area contributed by atoms with E-state index in [1.807, 2.05) is 42.5 Å². The third-order valence-corrected chi connectivity index (χ3v) is 3.29. The fraction of sp³-hybridized carbons (Fsp3) is 0.368. The van der Waals surface area contributed by atoms with Gasteiger partial charge in [-0.05, 0) is 50.1 Å². The minimum Gasteiger partial charge on any atom is -0.508 e. The van der Waals surface area contributed by atoms with Crippen LogP contribution in [0.5, 0.6) is 11.5 Å². The van der Waals surface area contributed by atoms with Gasteiger partial charge in [0.1, 0.15) is 18.1 Å². The van der Waals surface area contributed by atoms with Crippen LogP contribution in [-0.4, -0.2) is 36.0 Å². The van der Waals surface area contributed by atoms with Crippen molar-refractivity contribution in [3.05, 3.63) is 60.2 Å². The molecule has 0 aliphatic rings. The molecule has 0 aliphatic carbocycles. The predicted octanol–water partition coefficient (Wildman–Crippen LogP) is 2.99. The molecule has 0 spiro atoms. The van der Waals surface area contributed by atoms with Crippen LogP contribution < -0.4 is 10.1 Å². The molecule has 4 nitrogen and oxygen atoms in total. The quantitative estimate of drug-likeness (QED) is 0.735. The number of aromatic hydroxyl groups is 1. The zero-order valence-corrected chi connectivity index (χ0v) is 14.1.